The average Bonchev–Trinajstić information content (AvgIpc) is 3.43. The standard InChI is InChI=1S/C75H44N6O2/c1-4-17-45(18-5-1)73-76-74(48-31-35-55-60-44-51(34-40-66(60)83-69(55)43-48)79-62-27-13-10-23-52(62)53-24-11-14-28-63(53)79)78-75(77-73)58-26-16-30-68-70(58)61-42-47(33-39-67(61)82-68)46-32-38-65-59(41-46)57-37-36-56-54-25-12-15-29-64(54)80(49-19-6-2-7-20-49)71(56)72(57)81(65)50-21-8-3-9-22-50/h1-44H. The first-order valence-corrected chi connectivity index (χ1v) is 28.0. The zero-order chi connectivity index (χ0) is 54.3. The molecule has 0 amide bonds. The molecule has 0 bridgehead atoms. The predicted molar refractivity (Wildman–Crippen MR) is 339 cm³/mol. The van der Waals surface area contributed by atoms with Gasteiger partial charge in [0, 0.05) is 87.6 Å². The molecular weight excluding hydrogens is 1020 g/mol. The van der Waals surface area contributed by atoms with Gasteiger partial charge in [0.15, 0.2) is 17.5 Å². The summed E-state index contributed by atoms with van der Waals surface area (Å²) in [5, 5.41) is 11.2. The Morgan fingerprint density at radius 2 is 0.735 bits per heavy atom. The van der Waals surface area contributed by atoms with E-state index in [1.54, 1.807) is 0 Å². The van der Waals surface area contributed by atoms with Gasteiger partial charge >= 0.3 is 0 Å². The van der Waals surface area contributed by atoms with Crippen LogP contribution in [0, 0.1) is 0 Å². The second-order valence-electron chi connectivity index (χ2n) is 21.5. The first kappa shape index (κ1) is 45.5. The lowest BCUT2D eigenvalue weighted by molar-refractivity contribution is 0.668. The van der Waals surface area contributed by atoms with Gasteiger partial charge < -0.3 is 22.5 Å². The second kappa shape index (κ2) is 17.6. The lowest BCUT2D eigenvalue weighted by Gasteiger charge is -2.12. The Hall–Kier alpha value is -11.4. The molecule has 0 atom stereocenters. The van der Waals surface area contributed by atoms with Crippen molar-refractivity contribution in [2.45, 2.75) is 0 Å². The molecule has 0 radical (unpaired) electrons. The minimum absolute atomic E-state index is 0.539. The summed E-state index contributed by atoms with van der Waals surface area (Å²) in [7, 11) is 0. The normalized spacial score (nSPS) is 12.1. The molecule has 83 heavy (non-hydrogen) atoms. The molecule has 0 aliphatic carbocycles. The molecule has 0 saturated heterocycles. The molecule has 0 aliphatic heterocycles. The fourth-order valence-electron chi connectivity index (χ4n) is 13.2. The van der Waals surface area contributed by atoms with E-state index in [1.807, 2.05) is 42.5 Å². The molecule has 0 spiro atoms. The van der Waals surface area contributed by atoms with Crippen molar-refractivity contribution in [3.8, 4) is 62.4 Å². The van der Waals surface area contributed by atoms with E-state index in [1.165, 1.54) is 43.4 Å². The molecule has 0 fully saturated rings. The number of rotatable bonds is 7. The molecule has 8 nitrogen and oxygen atoms in total. The van der Waals surface area contributed by atoms with Crippen LogP contribution in [0.5, 0.6) is 0 Å². The molecule has 0 aliphatic rings. The van der Waals surface area contributed by atoms with E-state index >= 15 is 0 Å². The Balaban J connectivity index is 0.786. The summed E-state index contributed by atoms with van der Waals surface area (Å²) in [5.41, 5.74) is 18.1. The van der Waals surface area contributed by atoms with E-state index in [9.17, 15) is 0 Å². The van der Waals surface area contributed by atoms with Crippen LogP contribution in [0.3, 0.4) is 0 Å². The van der Waals surface area contributed by atoms with Crippen molar-refractivity contribution in [2.24, 2.45) is 0 Å². The summed E-state index contributed by atoms with van der Waals surface area (Å²) in [4.78, 5) is 15.7. The lowest BCUT2D eigenvalue weighted by atomic mass is 9.99. The third-order valence-electron chi connectivity index (χ3n) is 16.9. The van der Waals surface area contributed by atoms with E-state index in [-0.39, 0.29) is 0 Å². The van der Waals surface area contributed by atoms with Crippen LogP contribution in [0.15, 0.2) is 276 Å². The Bertz CT molecular complexity index is 5640. The highest BCUT2D eigenvalue weighted by Crippen LogP contribution is 2.45. The van der Waals surface area contributed by atoms with Crippen LogP contribution in [0.4, 0.5) is 0 Å². The van der Waals surface area contributed by atoms with E-state index in [4.69, 9.17) is 23.8 Å². The average molecular weight is 1060 g/mol. The highest BCUT2D eigenvalue weighted by atomic mass is 16.3. The molecule has 18 aromatic rings. The fraction of sp³-hybridized carbons (Fsp3) is 0. The summed E-state index contributed by atoms with van der Waals surface area (Å²) in [6, 6.07) is 94.4. The number of benzene rings is 12. The quantitative estimate of drug-likeness (QED) is 0.159. The van der Waals surface area contributed by atoms with Crippen LogP contribution < -0.4 is 0 Å². The molecule has 8 heteroatoms. The van der Waals surface area contributed by atoms with Gasteiger partial charge in [0.2, 0.25) is 0 Å². The first-order valence-electron chi connectivity index (χ1n) is 28.0. The molecule has 18 rings (SSSR count). The van der Waals surface area contributed by atoms with Crippen LogP contribution in [0.25, 0.3) is 172 Å². The molecule has 0 unspecified atom stereocenters. The van der Waals surface area contributed by atoms with Crippen molar-refractivity contribution in [2.75, 3.05) is 0 Å². The zero-order valence-electron chi connectivity index (χ0n) is 44.4. The first-order chi connectivity index (χ1) is 41.1. The summed E-state index contributed by atoms with van der Waals surface area (Å²) in [5.74, 6) is 1.65. The molecule has 0 N–H and O–H groups in total. The van der Waals surface area contributed by atoms with Gasteiger partial charge in [0.25, 0.3) is 0 Å². The van der Waals surface area contributed by atoms with E-state index in [0.29, 0.717) is 17.5 Å². The smallest absolute Gasteiger partial charge is 0.164 e. The maximum atomic E-state index is 6.69. The highest BCUT2D eigenvalue weighted by Gasteiger charge is 2.24. The number of fused-ring (bicyclic) bond motifs is 16. The second-order valence-corrected chi connectivity index (χ2v) is 21.5. The van der Waals surface area contributed by atoms with Crippen LogP contribution >= 0.6 is 0 Å². The van der Waals surface area contributed by atoms with Gasteiger partial charge in [-0.1, -0.05) is 164 Å². The van der Waals surface area contributed by atoms with Crippen molar-refractivity contribution in [1.29, 1.82) is 0 Å². The van der Waals surface area contributed by atoms with Crippen LogP contribution in [0.2, 0.25) is 0 Å². The number of nitrogens with zero attached hydrogens (tertiary/aromatic N) is 6. The van der Waals surface area contributed by atoms with E-state index in [0.717, 1.165) is 111 Å². The molecule has 12 aromatic carbocycles. The van der Waals surface area contributed by atoms with Crippen molar-refractivity contribution in [3.63, 3.8) is 0 Å². The van der Waals surface area contributed by atoms with Crippen molar-refractivity contribution in [1.82, 2.24) is 28.7 Å². The van der Waals surface area contributed by atoms with Crippen LogP contribution in [-0.2, 0) is 0 Å². The van der Waals surface area contributed by atoms with Gasteiger partial charge in [0.05, 0.1) is 33.1 Å². The Labute approximate surface area is 473 Å². The fourth-order valence-corrected chi connectivity index (χ4v) is 13.2. The third kappa shape index (κ3) is 6.84. The largest absolute Gasteiger partial charge is 0.456 e. The van der Waals surface area contributed by atoms with E-state index in [2.05, 4.69) is 238 Å². The molecule has 6 heterocycles. The molecule has 0 saturated carbocycles. The maximum Gasteiger partial charge on any atom is 0.164 e. The number of hydrogen-bond acceptors (Lipinski definition) is 5. The monoisotopic (exact) mass is 1060 g/mol. The molecular formula is C75H44N6O2. The topological polar surface area (TPSA) is 79.7 Å². The van der Waals surface area contributed by atoms with E-state index < -0.39 is 0 Å². The Morgan fingerprint density at radius 3 is 1.42 bits per heavy atom. The van der Waals surface area contributed by atoms with Crippen molar-refractivity contribution in [3.05, 3.63) is 267 Å². The summed E-state index contributed by atoms with van der Waals surface area (Å²) < 4.78 is 20.6. The minimum Gasteiger partial charge on any atom is -0.456 e. The van der Waals surface area contributed by atoms with Crippen LogP contribution in [0.1, 0.15) is 0 Å². The van der Waals surface area contributed by atoms with Gasteiger partial charge in [-0.2, -0.15) is 0 Å². The van der Waals surface area contributed by atoms with Gasteiger partial charge in [-0.05, 0) is 114 Å². The number of furan rings is 2. The molecule has 386 valence electrons. The van der Waals surface area contributed by atoms with Crippen molar-refractivity contribution < 1.29 is 8.83 Å². The van der Waals surface area contributed by atoms with Gasteiger partial charge in [0.1, 0.15) is 22.3 Å². The number of hydrogen-bond donors (Lipinski definition) is 0. The Kier molecular flexibility index (Phi) is 9.64. The predicted octanol–water partition coefficient (Wildman–Crippen LogP) is 19.6. The third-order valence-corrected chi connectivity index (χ3v) is 16.9. The Morgan fingerprint density at radius 1 is 0.241 bits per heavy atom. The molecule has 6 aromatic heterocycles. The number of para-hydroxylation sites is 5. The van der Waals surface area contributed by atoms with Gasteiger partial charge in [-0.25, -0.2) is 15.0 Å². The summed E-state index contributed by atoms with van der Waals surface area (Å²) >= 11 is 0. The maximum absolute atomic E-state index is 6.69. The summed E-state index contributed by atoms with van der Waals surface area (Å²) in [6.45, 7) is 0. The van der Waals surface area contributed by atoms with Crippen LogP contribution in [-0.4, -0.2) is 28.7 Å². The lowest BCUT2D eigenvalue weighted by Crippen LogP contribution is -2.00. The summed E-state index contributed by atoms with van der Waals surface area (Å²) in [6.07, 6.45) is 0. The van der Waals surface area contributed by atoms with Crippen molar-refractivity contribution >= 4 is 109 Å². The van der Waals surface area contributed by atoms with Gasteiger partial charge in [-0.3, -0.25) is 0 Å². The number of aromatic nitrogens is 6. The zero-order valence-corrected chi connectivity index (χ0v) is 44.4. The SMILES string of the molecule is c1ccc(-c2nc(-c3ccc4c(c3)oc3ccc(-n5c6ccccc6c6ccccc65)cc34)nc(-c3cccc4oc5ccc(-c6ccc7c(c6)c6ccc8c9ccccc9n(-c9ccccc9)c8c6n7-c6ccccc6)cc5c34)n2)cc1. The highest BCUT2D eigenvalue weighted by molar-refractivity contribution is 6.24. The minimum atomic E-state index is 0.539. The van der Waals surface area contributed by atoms with Gasteiger partial charge in [-0.15, -0.1) is 0 Å².